The number of hydrogen-bond donors (Lipinski definition) is 0. The van der Waals surface area contributed by atoms with Crippen molar-refractivity contribution in [3.8, 4) is 0 Å². The fourth-order valence-electron chi connectivity index (χ4n) is 0.475. The SMILES string of the molecule is C.C.C.CCC(C)OCC(C)C. The molecule has 0 saturated carbocycles. The Balaban J connectivity index is -0.000000107. The highest BCUT2D eigenvalue weighted by Crippen LogP contribution is 1.99. The summed E-state index contributed by atoms with van der Waals surface area (Å²) >= 11 is 0. The molecule has 0 radical (unpaired) electrons. The molecule has 0 spiro atoms. The molecule has 1 unspecified atom stereocenters. The summed E-state index contributed by atoms with van der Waals surface area (Å²) in [5.41, 5.74) is 0. The zero-order valence-electron chi connectivity index (χ0n) is 6.98. The fourth-order valence-corrected chi connectivity index (χ4v) is 0.475. The van der Waals surface area contributed by atoms with E-state index in [4.69, 9.17) is 4.74 Å². The van der Waals surface area contributed by atoms with Crippen LogP contribution < -0.4 is 0 Å². The van der Waals surface area contributed by atoms with E-state index in [2.05, 4.69) is 27.7 Å². The van der Waals surface area contributed by atoms with Crippen molar-refractivity contribution in [3.05, 3.63) is 0 Å². The van der Waals surface area contributed by atoms with Gasteiger partial charge in [0.25, 0.3) is 0 Å². The highest BCUT2D eigenvalue weighted by atomic mass is 16.5. The lowest BCUT2D eigenvalue weighted by Gasteiger charge is -2.11. The molecule has 0 aliphatic rings. The van der Waals surface area contributed by atoms with Crippen LogP contribution in [0.5, 0.6) is 0 Å². The van der Waals surface area contributed by atoms with Crippen molar-refractivity contribution in [2.75, 3.05) is 6.61 Å². The Kier molecular flexibility index (Phi) is 25.6. The van der Waals surface area contributed by atoms with E-state index in [1.54, 1.807) is 0 Å². The van der Waals surface area contributed by atoms with Gasteiger partial charge < -0.3 is 4.74 Å². The van der Waals surface area contributed by atoms with Gasteiger partial charge in [-0.25, -0.2) is 0 Å². The predicted molar refractivity (Wildman–Crippen MR) is 60.7 cm³/mol. The summed E-state index contributed by atoms with van der Waals surface area (Å²) < 4.78 is 5.45. The molecule has 0 aromatic heterocycles. The Labute approximate surface area is 80.5 Å². The van der Waals surface area contributed by atoms with Crippen LogP contribution in [-0.2, 0) is 4.74 Å². The minimum atomic E-state index is 0. The second kappa shape index (κ2) is 13.5. The molecule has 0 fully saturated rings. The molecule has 0 saturated heterocycles. The molecule has 1 heteroatoms. The molecule has 0 aromatic rings. The number of ether oxygens (including phenoxy) is 1. The third-order valence-electron chi connectivity index (χ3n) is 1.29. The molecule has 0 amide bonds. The van der Waals surface area contributed by atoms with Gasteiger partial charge in [0.1, 0.15) is 0 Å². The summed E-state index contributed by atoms with van der Waals surface area (Å²) in [4.78, 5) is 0. The molecule has 12 heavy (non-hydrogen) atoms. The minimum absolute atomic E-state index is 0. The van der Waals surface area contributed by atoms with Crippen LogP contribution in [0.4, 0.5) is 0 Å². The molecule has 1 nitrogen and oxygen atoms in total. The first-order chi connectivity index (χ1) is 4.16. The minimum Gasteiger partial charge on any atom is -0.378 e. The quantitative estimate of drug-likeness (QED) is 0.621. The Bertz CT molecular complexity index is 60.0. The lowest BCUT2D eigenvalue weighted by atomic mass is 10.2. The lowest BCUT2D eigenvalue weighted by Crippen LogP contribution is -2.10. The molecule has 1 atom stereocenters. The third-order valence-corrected chi connectivity index (χ3v) is 1.29. The average Bonchev–Trinajstić information content (AvgIpc) is 1.83. The first kappa shape index (κ1) is 22.7. The van der Waals surface area contributed by atoms with Gasteiger partial charge in [-0.3, -0.25) is 0 Å². The molecule has 0 aromatic carbocycles. The summed E-state index contributed by atoms with van der Waals surface area (Å²) in [6, 6.07) is 0. The van der Waals surface area contributed by atoms with E-state index in [1.807, 2.05) is 0 Å². The second-order valence-corrected chi connectivity index (χ2v) is 2.95. The predicted octanol–water partition coefficient (Wildman–Crippen LogP) is 4.37. The first-order valence-electron chi connectivity index (χ1n) is 3.78. The summed E-state index contributed by atoms with van der Waals surface area (Å²) in [6.07, 6.45) is 1.56. The number of rotatable bonds is 4. The average molecular weight is 178 g/mol. The van der Waals surface area contributed by atoms with E-state index in [-0.39, 0.29) is 22.3 Å². The second-order valence-electron chi connectivity index (χ2n) is 2.95. The standard InChI is InChI=1S/C8H18O.3CH4/c1-5-8(4)9-6-7(2)3;;;/h7-8H,5-6H2,1-4H3;3*1H4. The first-order valence-corrected chi connectivity index (χ1v) is 3.78. The molecular weight excluding hydrogens is 148 g/mol. The van der Waals surface area contributed by atoms with Crippen LogP contribution in [0.15, 0.2) is 0 Å². The van der Waals surface area contributed by atoms with Crippen molar-refractivity contribution < 1.29 is 4.74 Å². The van der Waals surface area contributed by atoms with E-state index in [0.29, 0.717) is 12.0 Å². The van der Waals surface area contributed by atoms with Crippen LogP contribution in [0.2, 0.25) is 0 Å². The van der Waals surface area contributed by atoms with Gasteiger partial charge in [-0.1, -0.05) is 43.1 Å². The van der Waals surface area contributed by atoms with Crippen molar-refractivity contribution in [3.63, 3.8) is 0 Å². The zero-order valence-corrected chi connectivity index (χ0v) is 6.98. The maximum absolute atomic E-state index is 5.45. The van der Waals surface area contributed by atoms with E-state index < -0.39 is 0 Å². The van der Waals surface area contributed by atoms with Crippen molar-refractivity contribution >= 4 is 0 Å². The van der Waals surface area contributed by atoms with Crippen molar-refractivity contribution in [2.45, 2.75) is 62.5 Å². The third kappa shape index (κ3) is 16.5. The van der Waals surface area contributed by atoms with E-state index in [0.717, 1.165) is 13.0 Å². The van der Waals surface area contributed by atoms with Crippen LogP contribution in [0.3, 0.4) is 0 Å². The van der Waals surface area contributed by atoms with Crippen LogP contribution >= 0.6 is 0 Å². The Morgan fingerprint density at radius 1 is 1.00 bits per heavy atom. The van der Waals surface area contributed by atoms with Gasteiger partial charge in [0.05, 0.1) is 6.10 Å². The molecule has 0 N–H and O–H groups in total. The largest absolute Gasteiger partial charge is 0.378 e. The van der Waals surface area contributed by atoms with Gasteiger partial charge in [0, 0.05) is 6.61 Å². The van der Waals surface area contributed by atoms with Gasteiger partial charge >= 0.3 is 0 Å². The highest BCUT2D eigenvalue weighted by Gasteiger charge is 1.98. The molecular formula is C11H30O. The molecule has 0 bridgehead atoms. The monoisotopic (exact) mass is 178 g/mol. The van der Waals surface area contributed by atoms with Gasteiger partial charge in [-0.15, -0.1) is 0 Å². The molecule has 0 aliphatic heterocycles. The van der Waals surface area contributed by atoms with Crippen molar-refractivity contribution in [1.82, 2.24) is 0 Å². The fraction of sp³-hybridized carbons (Fsp3) is 1.00. The van der Waals surface area contributed by atoms with Gasteiger partial charge in [0.2, 0.25) is 0 Å². The van der Waals surface area contributed by atoms with Gasteiger partial charge in [-0.05, 0) is 19.3 Å². The Morgan fingerprint density at radius 2 is 1.42 bits per heavy atom. The Hall–Kier alpha value is -0.0400. The maximum Gasteiger partial charge on any atom is 0.0544 e. The highest BCUT2D eigenvalue weighted by molar-refractivity contribution is 4.46. The van der Waals surface area contributed by atoms with E-state index >= 15 is 0 Å². The van der Waals surface area contributed by atoms with Crippen LogP contribution in [0.1, 0.15) is 56.4 Å². The summed E-state index contributed by atoms with van der Waals surface area (Å²) in [6.45, 7) is 9.49. The molecule has 0 heterocycles. The van der Waals surface area contributed by atoms with E-state index in [9.17, 15) is 0 Å². The van der Waals surface area contributed by atoms with Crippen molar-refractivity contribution in [1.29, 1.82) is 0 Å². The zero-order chi connectivity index (χ0) is 7.28. The van der Waals surface area contributed by atoms with E-state index in [1.165, 1.54) is 0 Å². The van der Waals surface area contributed by atoms with Crippen LogP contribution in [0, 0.1) is 5.92 Å². The smallest absolute Gasteiger partial charge is 0.0544 e. The van der Waals surface area contributed by atoms with Crippen LogP contribution in [0.25, 0.3) is 0 Å². The normalized spacial score (nSPS) is 10.8. The van der Waals surface area contributed by atoms with Crippen LogP contribution in [-0.4, -0.2) is 12.7 Å². The van der Waals surface area contributed by atoms with Gasteiger partial charge in [-0.2, -0.15) is 0 Å². The lowest BCUT2D eigenvalue weighted by molar-refractivity contribution is 0.0455. The number of hydrogen-bond acceptors (Lipinski definition) is 1. The molecule has 80 valence electrons. The Morgan fingerprint density at radius 3 is 1.67 bits per heavy atom. The molecule has 0 aliphatic carbocycles. The van der Waals surface area contributed by atoms with Crippen molar-refractivity contribution in [2.24, 2.45) is 5.92 Å². The maximum atomic E-state index is 5.45. The topological polar surface area (TPSA) is 9.23 Å². The summed E-state index contributed by atoms with van der Waals surface area (Å²) in [5.74, 6) is 0.666. The summed E-state index contributed by atoms with van der Waals surface area (Å²) in [7, 11) is 0. The van der Waals surface area contributed by atoms with Gasteiger partial charge in [0.15, 0.2) is 0 Å². The molecule has 0 rings (SSSR count). The summed E-state index contributed by atoms with van der Waals surface area (Å²) in [5, 5.41) is 0.